The molecule has 194 valence electrons. The van der Waals surface area contributed by atoms with Crippen molar-refractivity contribution in [2.45, 2.75) is 57.9 Å². The number of amides is 2. The highest BCUT2D eigenvalue weighted by Crippen LogP contribution is 2.45. The van der Waals surface area contributed by atoms with E-state index in [0.717, 1.165) is 11.1 Å². The summed E-state index contributed by atoms with van der Waals surface area (Å²) in [5, 5.41) is 2.37. The molecule has 36 heavy (non-hydrogen) atoms. The highest BCUT2D eigenvalue weighted by atomic mass is 19.4. The fraction of sp³-hybridized carbons (Fsp3) is 0.435. The first kappa shape index (κ1) is 25.7. The molecule has 0 saturated heterocycles. The number of aryl methyl sites for hydroxylation is 1. The molecule has 1 saturated carbocycles. The van der Waals surface area contributed by atoms with Gasteiger partial charge < -0.3 is 15.0 Å². The Kier molecular flexibility index (Phi) is 6.38. The van der Waals surface area contributed by atoms with E-state index in [1.807, 2.05) is 0 Å². The molecule has 2 aliphatic rings. The smallest absolute Gasteiger partial charge is 0.436 e. The molecule has 1 unspecified atom stereocenters. The van der Waals surface area contributed by atoms with Gasteiger partial charge in [-0.05, 0) is 43.0 Å². The van der Waals surface area contributed by atoms with Gasteiger partial charge in [-0.3, -0.25) is 9.59 Å². The van der Waals surface area contributed by atoms with Gasteiger partial charge in [-0.15, -0.1) is 0 Å². The van der Waals surface area contributed by atoms with Crippen molar-refractivity contribution in [2.24, 2.45) is 5.92 Å². The SMILES string of the molecule is Cc1cc2c(c(F)c1NC(=O)CC1CC(F)(F)C1)OC(C)C(=O)N2Cc1cnc(C(F)(F)F)c(F)c1. The minimum absolute atomic E-state index is 0.0787. The van der Waals surface area contributed by atoms with Crippen LogP contribution in [0.3, 0.4) is 0 Å². The molecule has 1 aromatic heterocycles. The van der Waals surface area contributed by atoms with E-state index < -0.39 is 78.4 Å². The van der Waals surface area contributed by atoms with Crippen molar-refractivity contribution < 1.29 is 45.1 Å². The van der Waals surface area contributed by atoms with Crippen LogP contribution in [0.15, 0.2) is 18.3 Å². The summed E-state index contributed by atoms with van der Waals surface area (Å²) in [5.41, 5.74) is -1.95. The van der Waals surface area contributed by atoms with Crippen molar-refractivity contribution in [3.63, 3.8) is 0 Å². The number of pyridine rings is 1. The molecule has 1 fully saturated rings. The number of nitrogens with one attached hydrogen (secondary N) is 1. The van der Waals surface area contributed by atoms with Crippen molar-refractivity contribution >= 4 is 23.2 Å². The molecule has 0 bridgehead atoms. The zero-order chi connectivity index (χ0) is 26.6. The van der Waals surface area contributed by atoms with Crippen LogP contribution in [0, 0.1) is 24.5 Å². The topological polar surface area (TPSA) is 71.5 Å². The van der Waals surface area contributed by atoms with Crippen molar-refractivity contribution in [2.75, 3.05) is 10.2 Å². The fourth-order valence-corrected chi connectivity index (χ4v) is 4.27. The van der Waals surface area contributed by atoms with E-state index in [-0.39, 0.29) is 28.9 Å². The van der Waals surface area contributed by atoms with Crippen LogP contribution >= 0.6 is 0 Å². The second-order valence-electron chi connectivity index (χ2n) is 8.97. The van der Waals surface area contributed by atoms with Crippen molar-refractivity contribution in [3.8, 4) is 5.75 Å². The summed E-state index contributed by atoms with van der Waals surface area (Å²) < 4.78 is 99.2. The van der Waals surface area contributed by atoms with Crippen molar-refractivity contribution in [1.29, 1.82) is 0 Å². The monoisotopic (exact) mass is 519 g/mol. The Morgan fingerprint density at radius 3 is 2.50 bits per heavy atom. The first-order chi connectivity index (χ1) is 16.7. The van der Waals surface area contributed by atoms with Crippen LogP contribution in [-0.4, -0.2) is 28.8 Å². The summed E-state index contributed by atoms with van der Waals surface area (Å²) in [5.74, 6) is -7.70. The number of fused-ring (bicyclic) bond motifs is 1. The van der Waals surface area contributed by atoms with Gasteiger partial charge >= 0.3 is 6.18 Å². The molecule has 2 aromatic rings. The molecule has 4 rings (SSSR count). The van der Waals surface area contributed by atoms with Crippen LogP contribution in [-0.2, 0) is 22.3 Å². The van der Waals surface area contributed by atoms with Crippen LogP contribution in [0.5, 0.6) is 5.75 Å². The van der Waals surface area contributed by atoms with Gasteiger partial charge in [-0.25, -0.2) is 22.5 Å². The average Bonchev–Trinajstić information content (AvgIpc) is 2.73. The molecule has 1 aliphatic heterocycles. The molecular weight excluding hydrogens is 499 g/mol. The van der Waals surface area contributed by atoms with Gasteiger partial charge in [-0.2, -0.15) is 13.2 Å². The van der Waals surface area contributed by atoms with E-state index in [9.17, 15) is 35.9 Å². The predicted molar refractivity (Wildman–Crippen MR) is 113 cm³/mol. The number of alkyl halides is 5. The Morgan fingerprint density at radius 1 is 1.25 bits per heavy atom. The maximum Gasteiger partial charge on any atom is 0.436 e. The van der Waals surface area contributed by atoms with Crippen LogP contribution in [0.1, 0.15) is 43.0 Å². The Balaban J connectivity index is 1.60. The summed E-state index contributed by atoms with van der Waals surface area (Å²) >= 11 is 0. The highest BCUT2D eigenvalue weighted by Gasteiger charge is 2.46. The molecule has 0 radical (unpaired) electrons. The number of anilines is 2. The van der Waals surface area contributed by atoms with E-state index in [4.69, 9.17) is 4.74 Å². The number of hydrogen-bond donors (Lipinski definition) is 1. The van der Waals surface area contributed by atoms with E-state index >= 15 is 4.39 Å². The molecule has 1 N–H and O–H groups in total. The highest BCUT2D eigenvalue weighted by molar-refractivity contribution is 6.01. The largest absolute Gasteiger partial charge is 0.476 e. The molecule has 1 aliphatic carbocycles. The third-order valence-corrected chi connectivity index (χ3v) is 6.02. The summed E-state index contributed by atoms with van der Waals surface area (Å²) in [4.78, 5) is 29.2. The van der Waals surface area contributed by atoms with Gasteiger partial charge in [0.05, 0.1) is 17.9 Å². The van der Waals surface area contributed by atoms with Gasteiger partial charge in [0.15, 0.2) is 29.2 Å². The van der Waals surface area contributed by atoms with Gasteiger partial charge in [-0.1, -0.05) is 0 Å². The zero-order valence-electron chi connectivity index (χ0n) is 19.0. The number of rotatable bonds is 5. The lowest BCUT2D eigenvalue weighted by molar-refractivity contribution is -0.143. The molecule has 2 amide bonds. The van der Waals surface area contributed by atoms with Gasteiger partial charge in [0.25, 0.3) is 5.91 Å². The lowest BCUT2D eigenvalue weighted by atomic mass is 9.79. The lowest BCUT2D eigenvalue weighted by Crippen LogP contribution is -2.44. The number of carbonyl (C=O) groups is 2. The Labute approximate surface area is 200 Å². The first-order valence-electron chi connectivity index (χ1n) is 10.9. The summed E-state index contributed by atoms with van der Waals surface area (Å²) in [6.45, 7) is 2.32. The number of carbonyl (C=O) groups excluding carboxylic acids is 2. The molecule has 6 nitrogen and oxygen atoms in total. The van der Waals surface area contributed by atoms with Crippen molar-refractivity contribution in [1.82, 2.24) is 4.98 Å². The maximum atomic E-state index is 15.4. The number of halogens is 7. The van der Waals surface area contributed by atoms with Crippen molar-refractivity contribution in [3.05, 3.63) is 46.8 Å². The lowest BCUT2D eigenvalue weighted by Gasteiger charge is -2.35. The third kappa shape index (κ3) is 4.96. The molecule has 1 atom stereocenters. The predicted octanol–water partition coefficient (Wildman–Crippen LogP) is 5.38. The van der Waals surface area contributed by atoms with E-state index in [1.165, 1.54) is 19.9 Å². The maximum absolute atomic E-state index is 15.4. The van der Waals surface area contributed by atoms with E-state index in [2.05, 4.69) is 10.3 Å². The summed E-state index contributed by atoms with van der Waals surface area (Å²) in [6, 6.07) is 1.91. The standard InChI is InChI=1S/C23H20F7N3O3/c1-10-3-15-19(17(25)18(10)32-16(34)5-12-6-22(26,27)7-12)36-11(2)21(35)33(15)9-13-4-14(24)20(31-8-13)23(28,29)30/h3-4,8,11-12H,5-7,9H2,1-2H3,(H,32,34). The second-order valence-corrected chi connectivity index (χ2v) is 8.97. The molecular formula is C23H20F7N3O3. The third-order valence-electron chi connectivity index (χ3n) is 6.02. The van der Waals surface area contributed by atoms with Gasteiger partial charge in [0, 0.05) is 25.5 Å². The minimum Gasteiger partial charge on any atom is -0.476 e. The normalized spacial score (nSPS) is 19.4. The van der Waals surface area contributed by atoms with Crippen LogP contribution in [0.25, 0.3) is 0 Å². The Bertz CT molecular complexity index is 1220. The Hall–Kier alpha value is -3.38. The number of aromatic nitrogens is 1. The average molecular weight is 519 g/mol. The number of benzene rings is 1. The van der Waals surface area contributed by atoms with E-state index in [1.54, 1.807) is 0 Å². The number of ether oxygens (including phenoxy) is 1. The quantitative estimate of drug-likeness (QED) is 0.539. The molecule has 0 spiro atoms. The molecule has 13 heteroatoms. The second kappa shape index (κ2) is 8.93. The number of hydrogen-bond acceptors (Lipinski definition) is 4. The zero-order valence-corrected chi connectivity index (χ0v) is 19.0. The summed E-state index contributed by atoms with van der Waals surface area (Å²) in [6.07, 6.45) is -6.52. The van der Waals surface area contributed by atoms with Crippen LogP contribution < -0.4 is 15.0 Å². The van der Waals surface area contributed by atoms with Crippen LogP contribution in [0.2, 0.25) is 0 Å². The fourth-order valence-electron chi connectivity index (χ4n) is 4.27. The number of nitrogens with zero attached hydrogens (tertiary/aromatic N) is 2. The Morgan fingerprint density at radius 2 is 1.92 bits per heavy atom. The van der Waals surface area contributed by atoms with E-state index in [0.29, 0.717) is 6.07 Å². The minimum atomic E-state index is -5.00. The van der Waals surface area contributed by atoms with Gasteiger partial charge in [0.1, 0.15) is 0 Å². The first-order valence-corrected chi connectivity index (χ1v) is 10.9. The molecule has 2 heterocycles. The van der Waals surface area contributed by atoms with Gasteiger partial charge in [0.2, 0.25) is 11.8 Å². The van der Waals surface area contributed by atoms with Crippen LogP contribution in [0.4, 0.5) is 42.1 Å². The summed E-state index contributed by atoms with van der Waals surface area (Å²) in [7, 11) is 0. The molecule has 1 aromatic carbocycles.